The Kier molecular flexibility index (Phi) is 3.59. The van der Waals surface area contributed by atoms with Gasteiger partial charge in [0, 0.05) is 18.0 Å². The van der Waals surface area contributed by atoms with Crippen LogP contribution in [0.3, 0.4) is 0 Å². The molecule has 0 bridgehead atoms. The van der Waals surface area contributed by atoms with E-state index in [1.54, 1.807) is 6.07 Å². The molecule has 1 N–H and O–H groups in total. The number of carbonyl (C=O) groups excluding carboxylic acids is 1. The molecule has 0 spiro atoms. The quantitative estimate of drug-likeness (QED) is 0.879. The average Bonchev–Trinajstić information content (AvgIpc) is 3.04. The topological polar surface area (TPSA) is 83.6 Å². The number of aromatic nitrogens is 1. The molecule has 1 atom stereocenters. The van der Waals surface area contributed by atoms with E-state index in [1.807, 2.05) is 13.8 Å². The zero-order valence-electron chi connectivity index (χ0n) is 11.3. The van der Waals surface area contributed by atoms with Gasteiger partial charge in [0.05, 0.1) is 0 Å². The van der Waals surface area contributed by atoms with Gasteiger partial charge in [0.15, 0.2) is 5.69 Å². The summed E-state index contributed by atoms with van der Waals surface area (Å²) in [6.45, 7) is 5.39. The Morgan fingerprint density at radius 1 is 1.42 bits per heavy atom. The number of carboxylic acids is 1. The second-order valence-electron chi connectivity index (χ2n) is 5.23. The van der Waals surface area contributed by atoms with E-state index >= 15 is 0 Å². The van der Waals surface area contributed by atoms with E-state index in [-0.39, 0.29) is 23.6 Å². The third kappa shape index (κ3) is 2.77. The molecule has 1 aliphatic carbocycles. The van der Waals surface area contributed by atoms with Crippen molar-refractivity contribution in [1.82, 2.24) is 10.1 Å². The first-order chi connectivity index (χ1) is 8.91. The maximum Gasteiger partial charge on any atom is 0.326 e. The van der Waals surface area contributed by atoms with Gasteiger partial charge < -0.3 is 14.5 Å². The molecule has 2 rings (SSSR count). The minimum atomic E-state index is -1.01. The third-order valence-electron chi connectivity index (χ3n) is 3.27. The first-order valence-electron chi connectivity index (χ1n) is 6.44. The smallest absolute Gasteiger partial charge is 0.326 e. The van der Waals surface area contributed by atoms with Crippen LogP contribution in [0.15, 0.2) is 10.6 Å². The molecule has 1 saturated carbocycles. The molecule has 1 aromatic rings. The standard InChI is InChI=1S/C13H18N2O4/c1-7(2)11-6-10(14-19-11)12(16)15(9-4-5-9)8(3)13(17)18/h6-9H,4-5H2,1-3H3,(H,17,18). The van der Waals surface area contributed by atoms with Crippen molar-refractivity contribution in [1.29, 1.82) is 0 Å². The molecule has 0 aliphatic heterocycles. The summed E-state index contributed by atoms with van der Waals surface area (Å²) in [5.74, 6) is -0.608. The molecule has 1 aromatic heterocycles. The summed E-state index contributed by atoms with van der Waals surface area (Å²) < 4.78 is 5.09. The molecule has 1 heterocycles. The van der Waals surface area contributed by atoms with Crippen LogP contribution in [0.4, 0.5) is 0 Å². The monoisotopic (exact) mass is 266 g/mol. The van der Waals surface area contributed by atoms with Crippen LogP contribution in [-0.4, -0.2) is 39.1 Å². The fourth-order valence-corrected chi connectivity index (χ4v) is 1.92. The molecule has 0 aromatic carbocycles. The number of amides is 1. The highest BCUT2D eigenvalue weighted by Crippen LogP contribution is 2.30. The van der Waals surface area contributed by atoms with Crippen LogP contribution in [0.1, 0.15) is 55.8 Å². The highest BCUT2D eigenvalue weighted by atomic mass is 16.5. The van der Waals surface area contributed by atoms with E-state index in [0.29, 0.717) is 5.76 Å². The Morgan fingerprint density at radius 3 is 2.47 bits per heavy atom. The van der Waals surface area contributed by atoms with Gasteiger partial charge in [0.1, 0.15) is 11.8 Å². The first-order valence-corrected chi connectivity index (χ1v) is 6.44. The van der Waals surface area contributed by atoms with Crippen molar-refractivity contribution >= 4 is 11.9 Å². The molecular weight excluding hydrogens is 248 g/mol. The summed E-state index contributed by atoms with van der Waals surface area (Å²) in [6, 6.07) is 0.758. The van der Waals surface area contributed by atoms with Gasteiger partial charge in [-0.1, -0.05) is 19.0 Å². The summed E-state index contributed by atoms with van der Waals surface area (Å²) in [4.78, 5) is 24.8. The van der Waals surface area contributed by atoms with Crippen molar-refractivity contribution in [3.8, 4) is 0 Å². The lowest BCUT2D eigenvalue weighted by Crippen LogP contribution is -2.44. The van der Waals surface area contributed by atoms with Crippen LogP contribution in [0.25, 0.3) is 0 Å². The Hall–Kier alpha value is -1.85. The van der Waals surface area contributed by atoms with E-state index in [2.05, 4.69) is 5.16 Å². The lowest BCUT2D eigenvalue weighted by molar-refractivity contribution is -0.141. The zero-order chi connectivity index (χ0) is 14.2. The summed E-state index contributed by atoms with van der Waals surface area (Å²) in [5, 5.41) is 12.8. The van der Waals surface area contributed by atoms with Gasteiger partial charge in [-0.15, -0.1) is 0 Å². The predicted molar refractivity (Wildman–Crippen MR) is 66.9 cm³/mol. The highest BCUT2D eigenvalue weighted by molar-refractivity contribution is 5.95. The largest absolute Gasteiger partial charge is 0.480 e. The van der Waals surface area contributed by atoms with Gasteiger partial charge in [0.2, 0.25) is 0 Å². The van der Waals surface area contributed by atoms with Crippen LogP contribution >= 0.6 is 0 Å². The fraction of sp³-hybridized carbons (Fsp3) is 0.615. The summed E-state index contributed by atoms with van der Waals surface area (Å²) in [7, 11) is 0. The summed E-state index contributed by atoms with van der Waals surface area (Å²) in [6.07, 6.45) is 1.69. The molecule has 1 fully saturated rings. The van der Waals surface area contributed by atoms with E-state index < -0.39 is 12.0 Å². The number of carbonyl (C=O) groups is 2. The van der Waals surface area contributed by atoms with Gasteiger partial charge in [-0.25, -0.2) is 4.79 Å². The van der Waals surface area contributed by atoms with Crippen LogP contribution in [-0.2, 0) is 4.79 Å². The summed E-state index contributed by atoms with van der Waals surface area (Å²) >= 11 is 0. The van der Waals surface area contributed by atoms with Crippen LogP contribution < -0.4 is 0 Å². The van der Waals surface area contributed by atoms with Crippen molar-refractivity contribution in [2.45, 2.75) is 51.6 Å². The van der Waals surface area contributed by atoms with Gasteiger partial charge in [-0.2, -0.15) is 0 Å². The zero-order valence-corrected chi connectivity index (χ0v) is 11.3. The first kappa shape index (κ1) is 13.6. The molecule has 6 nitrogen and oxygen atoms in total. The molecule has 0 saturated heterocycles. The highest BCUT2D eigenvalue weighted by Gasteiger charge is 2.39. The predicted octanol–water partition coefficient (Wildman–Crippen LogP) is 1.88. The van der Waals surface area contributed by atoms with Crippen molar-refractivity contribution < 1.29 is 19.2 Å². The number of rotatable bonds is 5. The van der Waals surface area contributed by atoms with Crippen LogP contribution in [0.2, 0.25) is 0 Å². The van der Waals surface area contributed by atoms with E-state index in [1.165, 1.54) is 11.8 Å². The SMILES string of the molecule is CC(C)c1cc(C(=O)N(C2CC2)C(C)C(=O)O)no1. The maximum absolute atomic E-state index is 12.3. The number of hydrogen-bond donors (Lipinski definition) is 1. The van der Waals surface area contributed by atoms with Crippen LogP contribution in [0, 0.1) is 0 Å². The van der Waals surface area contributed by atoms with Gasteiger partial charge in [-0.05, 0) is 19.8 Å². The molecule has 1 amide bonds. The van der Waals surface area contributed by atoms with Crippen molar-refractivity contribution in [3.05, 3.63) is 17.5 Å². The number of nitrogens with zero attached hydrogens (tertiary/aromatic N) is 2. The Balaban J connectivity index is 2.21. The second-order valence-corrected chi connectivity index (χ2v) is 5.23. The molecule has 6 heteroatoms. The van der Waals surface area contributed by atoms with E-state index in [9.17, 15) is 9.59 Å². The molecule has 19 heavy (non-hydrogen) atoms. The van der Waals surface area contributed by atoms with Gasteiger partial charge in [-0.3, -0.25) is 4.79 Å². The van der Waals surface area contributed by atoms with Gasteiger partial charge in [0.25, 0.3) is 5.91 Å². The van der Waals surface area contributed by atoms with E-state index in [0.717, 1.165) is 12.8 Å². The average molecular weight is 266 g/mol. The maximum atomic E-state index is 12.3. The van der Waals surface area contributed by atoms with Crippen molar-refractivity contribution in [2.75, 3.05) is 0 Å². The molecule has 0 radical (unpaired) electrons. The molecular formula is C13H18N2O4. The Morgan fingerprint density at radius 2 is 2.05 bits per heavy atom. The second kappa shape index (κ2) is 5.03. The third-order valence-corrected chi connectivity index (χ3v) is 3.27. The van der Waals surface area contributed by atoms with Crippen molar-refractivity contribution in [3.63, 3.8) is 0 Å². The van der Waals surface area contributed by atoms with Crippen molar-refractivity contribution in [2.24, 2.45) is 0 Å². The van der Waals surface area contributed by atoms with Gasteiger partial charge >= 0.3 is 5.97 Å². The Bertz CT molecular complexity index is 491. The molecule has 104 valence electrons. The minimum absolute atomic E-state index is 0.0119. The minimum Gasteiger partial charge on any atom is -0.480 e. The number of aliphatic carboxylic acids is 1. The van der Waals surface area contributed by atoms with Crippen LogP contribution in [0.5, 0.6) is 0 Å². The lowest BCUT2D eigenvalue weighted by Gasteiger charge is -2.25. The lowest BCUT2D eigenvalue weighted by atomic mass is 10.1. The fourth-order valence-electron chi connectivity index (χ4n) is 1.92. The number of carboxylic acid groups (broad SMARTS) is 1. The number of hydrogen-bond acceptors (Lipinski definition) is 4. The normalized spacial score (nSPS) is 16.4. The molecule has 1 unspecified atom stereocenters. The van der Waals surface area contributed by atoms with E-state index in [4.69, 9.17) is 9.63 Å². The Labute approximate surface area is 111 Å². The summed E-state index contributed by atoms with van der Waals surface area (Å²) in [5.41, 5.74) is 0.184. The molecule has 1 aliphatic rings.